The van der Waals surface area contributed by atoms with Crippen LogP contribution >= 0.6 is 0 Å². The van der Waals surface area contributed by atoms with Crippen molar-refractivity contribution in [1.82, 2.24) is 19.1 Å². The SMILES string of the molecule is Cn1c(N[C@H]2CCCC[C@@H]2OC2CCCC2)nc2c1c(=O)[nH]c(=O)n2C. The lowest BCUT2D eigenvalue weighted by molar-refractivity contribution is -0.0323. The number of imidazole rings is 1. The predicted molar refractivity (Wildman–Crippen MR) is 99.6 cm³/mol. The third kappa shape index (κ3) is 3.06. The first-order valence-corrected chi connectivity index (χ1v) is 9.62. The highest BCUT2D eigenvalue weighted by atomic mass is 16.5. The van der Waals surface area contributed by atoms with E-state index in [2.05, 4.69) is 15.3 Å². The molecule has 2 aromatic rings. The zero-order valence-corrected chi connectivity index (χ0v) is 15.5. The van der Waals surface area contributed by atoms with Crippen LogP contribution in [0.25, 0.3) is 11.2 Å². The number of fused-ring (bicyclic) bond motifs is 1. The number of aryl methyl sites for hydroxylation is 2. The van der Waals surface area contributed by atoms with Crippen molar-refractivity contribution in [2.45, 2.75) is 69.6 Å². The van der Waals surface area contributed by atoms with Crippen LogP contribution in [0, 0.1) is 0 Å². The van der Waals surface area contributed by atoms with Crippen molar-refractivity contribution in [2.24, 2.45) is 14.1 Å². The minimum Gasteiger partial charge on any atom is -0.373 e. The Balaban J connectivity index is 1.61. The van der Waals surface area contributed by atoms with E-state index in [1.165, 1.54) is 23.8 Å². The summed E-state index contributed by atoms with van der Waals surface area (Å²) in [7, 11) is 3.41. The average molecular weight is 361 g/mol. The molecule has 0 bridgehead atoms. The summed E-state index contributed by atoms with van der Waals surface area (Å²) in [5.41, 5.74) is -0.0627. The van der Waals surface area contributed by atoms with Crippen molar-refractivity contribution in [3.8, 4) is 0 Å². The Morgan fingerprint density at radius 1 is 1.04 bits per heavy atom. The number of rotatable bonds is 4. The number of anilines is 1. The standard InChI is InChI=1S/C18H27N5O3/c1-22-14-15(23(2)18(25)21-16(14)24)20-17(22)19-12-9-5-6-10-13(12)26-11-7-3-4-8-11/h11-13H,3-10H2,1-2H3,(H,19,20)(H,21,24,25)/t12-,13-/m0/s1. The Bertz CT molecular complexity index is 906. The second-order valence-electron chi connectivity index (χ2n) is 7.60. The summed E-state index contributed by atoms with van der Waals surface area (Å²) in [5, 5.41) is 3.50. The lowest BCUT2D eigenvalue weighted by atomic mass is 9.92. The minimum absolute atomic E-state index is 0.175. The zero-order valence-electron chi connectivity index (χ0n) is 15.5. The molecule has 26 heavy (non-hydrogen) atoms. The fourth-order valence-corrected chi connectivity index (χ4v) is 4.30. The van der Waals surface area contributed by atoms with E-state index < -0.39 is 11.2 Å². The van der Waals surface area contributed by atoms with Crippen LogP contribution in [0.5, 0.6) is 0 Å². The second-order valence-corrected chi connectivity index (χ2v) is 7.60. The van der Waals surface area contributed by atoms with Gasteiger partial charge < -0.3 is 14.6 Å². The molecule has 0 aromatic carbocycles. The van der Waals surface area contributed by atoms with Gasteiger partial charge in [0.05, 0.1) is 18.2 Å². The highest BCUT2D eigenvalue weighted by Gasteiger charge is 2.30. The van der Waals surface area contributed by atoms with Gasteiger partial charge in [-0.25, -0.2) is 4.79 Å². The van der Waals surface area contributed by atoms with Crippen molar-refractivity contribution < 1.29 is 4.74 Å². The molecule has 8 nitrogen and oxygen atoms in total. The molecule has 0 spiro atoms. The van der Waals surface area contributed by atoms with Crippen LogP contribution in [0.15, 0.2) is 9.59 Å². The van der Waals surface area contributed by atoms with Crippen LogP contribution in [-0.4, -0.2) is 37.4 Å². The van der Waals surface area contributed by atoms with E-state index in [-0.39, 0.29) is 12.1 Å². The topological polar surface area (TPSA) is 93.9 Å². The monoisotopic (exact) mass is 361 g/mol. The van der Waals surface area contributed by atoms with Crippen molar-refractivity contribution in [2.75, 3.05) is 5.32 Å². The summed E-state index contributed by atoms with van der Waals surface area (Å²) in [5.74, 6) is 0.610. The van der Waals surface area contributed by atoms with Gasteiger partial charge in [0.15, 0.2) is 11.2 Å². The van der Waals surface area contributed by atoms with E-state index >= 15 is 0 Å². The summed E-state index contributed by atoms with van der Waals surface area (Å²) < 4.78 is 9.50. The first-order valence-electron chi connectivity index (χ1n) is 9.62. The Labute approximate surface area is 151 Å². The maximum absolute atomic E-state index is 12.2. The van der Waals surface area contributed by atoms with Crippen molar-refractivity contribution in [3.05, 3.63) is 20.8 Å². The Hall–Kier alpha value is -2.09. The smallest absolute Gasteiger partial charge is 0.329 e. The lowest BCUT2D eigenvalue weighted by Crippen LogP contribution is -2.40. The van der Waals surface area contributed by atoms with Crippen molar-refractivity contribution in [3.63, 3.8) is 0 Å². The fraction of sp³-hybridized carbons (Fsp3) is 0.722. The summed E-state index contributed by atoms with van der Waals surface area (Å²) in [6, 6.07) is 0.177. The van der Waals surface area contributed by atoms with E-state index in [0.29, 0.717) is 23.2 Å². The Morgan fingerprint density at radius 3 is 2.50 bits per heavy atom. The van der Waals surface area contributed by atoms with Gasteiger partial charge in [0.25, 0.3) is 5.56 Å². The molecular formula is C18H27N5O3. The molecule has 4 rings (SSSR count). The lowest BCUT2D eigenvalue weighted by Gasteiger charge is -2.34. The van der Waals surface area contributed by atoms with Crippen LogP contribution in [0.2, 0.25) is 0 Å². The molecule has 2 atom stereocenters. The predicted octanol–water partition coefficient (Wildman–Crippen LogP) is 1.64. The van der Waals surface area contributed by atoms with Gasteiger partial charge in [0, 0.05) is 14.1 Å². The van der Waals surface area contributed by atoms with Crippen LogP contribution in [0.4, 0.5) is 5.95 Å². The number of hydrogen-bond donors (Lipinski definition) is 2. The van der Waals surface area contributed by atoms with Gasteiger partial charge in [-0.15, -0.1) is 0 Å². The number of H-pyrrole nitrogens is 1. The highest BCUT2D eigenvalue weighted by Crippen LogP contribution is 2.30. The normalized spacial score (nSPS) is 24.4. The van der Waals surface area contributed by atoms with Gasteiger partial charge in [-0.05, 0) is 25.7 Å². The van der Waals surface area contributed by atoms with Crippen LogP contribution in [0.1, 0.15) is 51.4 Å². The quantitative estimate of drug-likeness (QED) is 0.863. The van der Waals surface area contributed by atoms with E-state index in [9.17, 15) is 9.59 Å². The molecule has 2 aliphatic carbocycles. The number of nitrogens with one attached hydrogen (secondary N) is 2. The first kappa shape index (κ1) is 17.3. The molecular weight excluding hydrogens is 334 g/mol. The summed E-state index contributed by atoms with van der Waals surface area (Å²) in [6.45, 7) is 0. The average Bonchev–Trinajstić information content (AvgIpc) is 3.23. The summed E-state index contributed by atoms with van der Waals surface area (Å²) in [4.78, 5) is 30.9. The molecule has 2 aromatic heterocycles. The number of aromatic amines is 1. The van der Waals surface area contributed by atoms with Crippen molar-refractivity contribution in [1.29, 1.82) is 0 Å². The molecule has 0 radical (unpaired) electrons. The molecule has 0 unspecified atom stereocenters. The van der Waals surface area contributed by atoms with Gasteiger partial charge in [0.1, 0.15) is 0 Å². The molecule has 142 valence electrons. The van der Waals surface area contributed by atoms with E-state index in [1.54, 1.807) is 18.7 Å². The minimum atomic E-state index is -0.452. The summed E-state index contributed by atoms with van der Waals surface area (Å²) in [6.07, 6.45) is 9.82. The van der Waals surface area contributed by atoms with E-state index in [1.807, 2.05) is 0 Å². The molecule has 0 amide bonds. The van der Waals surface area contributed by atoms with Gasteiger partial charge >= 0.3 is 5.69 Å². The van der Waals surface area contributed by atoms with Gasteiger partial charge in [0.2, 0.25) is 5.95 Å². The Morgan fingerprint density at radius 2 is 1.73 bits per heavy atom. The van der Waals surface area contributed by atoms with Crippen molar-refractivity contribution >= 4 is 17.1 Å². The number of ether oxygens (including phenoxy) is 1. The van der Waals surface area contributed by atoms with E-state index in [4.69, 9.17) is 4.74 Å². The van der Waals surface area contributed by atoms with Gasteiger partial charge in [-0.3, -0.25) is 14.3 Å². The second kappa shape index (κ2) is 6.90. The Kier molecular flexibility index (Phi) is 4.60. The maximum Gasteiger partial charge on any atom is 0.329 e. The number of nitrogens with zero attached hydrogens (tertiary/aromatic N) is 3. The molecule has 2 saturated carbocycles. The van der Waals surface area contributed by atoms with E-state index in [0.717, 1.165) is 32.1 Å². The zero-order chi connectivity index (χ0) is 18.3. The third-order valence-electron chi connectivity index (χ3n) is 5.82. The van der Waals surface area contributed by atoms with Gasteiger partial charge in [-0.2, -0.15) is 4.98 Å². The molecule has 0 saturated heterocycles. The third-order valence-corrected chi connectivity index (χ3v) is 5.82. The molecule has 8 heteroatoms. The fourth-order valence-electron chi connectivity index (χ4n) is 4.30. The molecule has 0 aliphatic heterocycles. The van der Waals surface area contributed by atoms with Crippen LogP contribution < -0.4 is 16.6 Å². The molecule has 2 aliphatic rings. The van der Waals surface area contributed by atoms with Gasteiger partial charge in [-0.1, -0.05) is 25.7 Å². The first-order chi connectivity index (χ1) is 12.5. The molecule has 2 N–H and O–H groups in total. The van der Waals surface area contributed by atoms with Crippen LogP contribution in [0.3, 0.4) is 0 Å². The maximum atomic E-state index is 12.2. The summed E-state index contributed by atoms with van der Waals surface area (Å²) >= 11 is 0. The highest BCUT2D eigenvalue weighted by molar-refractivity contribution is 5.73. The number of aromatic nitrogens is 4. The largest absolute Gasteiger partial charge is 0.373 e. The molecule has 2 fully saturated rings. The van der Waals surface area contributed by atoms with Crippen LogP contribution in [-0.2, 0) is 18.8 Å². The number of hydrogen-bond acceptors (Lipinski definition) is 5. The molecule has 2 heterocycles.